The number of carbonyl (C=O) groups excluding carboxylic acids is 4. The number of carbonyl (C=O) groups is 7. The second-order valence-electron chi connectivity index (χ2n) is 25.0. The van der Waals surface area contributed by atoms with E-state index in [9.17, 15) is 140 Å². The molecule has 0 aliphatic carbocycles. The first-order valence-corrected chi connectivity index (χ1v) is 33.9. The molecule has 6 heterocycles. The number of anilines is 1. The zero-order valence-electron chi connectivity index (χ0n) is 56.5. The monoisotopic (exact) mass is 1570 g/mol. The average molecular weight is 1570 g/mol. The van der Waals surface area contributed by atoms with Gasteiger partial charge in [-0.05, 0) is 30.7 Å². The number of ether oxygens (including phenoxy) is 10. The fourth-order valence-electron chi connectivity index (χ4n) is 11.8. The summed E-state index contributed by atoms with van der Waals surface area (Å²) in [5, 5.41) is 204. The van der Waals surface area contributed by atoms with Crippen LogP contribution < -0.4 is 38.0 Å². The molecule has 49 heteroatoms. The smallest absolute Gasteiger partial charge is 0.475 e. The van der Waals surface area contributed by atoms with E-state index in [2.05, 4.69) is 31.6 Å². The van der Waals surface area contributed by atoms with Crippen LogP contribution in [0.1, 0.15) is 49.3 Å². The van der Waals surface area contributed by atoms with Crippen molar-refractivity contribution in [2.24, 2.45) is 0 Å². The minimum absolute atomic E-state index is 0.0430. The number of nitrogens with zero attached hydrogens (tertiary/aromatic N) is 2. The molecule has 0 saturated carbocycles. The van der Waals surface area contributed by atoms with Gasteiger partial charge in [0, 0.05) is 45.1 Å². The van der Waals surface area contributed by atoms with Gasteiger partial charge in [0.05, 0.1) is 51.2 Å². The summed E-state index contributed by atoms with van der Waals surface area (Å²) in [6.07, 6.45) is -52.4. The Balaban J connectivity index is 0.891. The second kappa shape index (κ2) is 38.3. The molecule has 0 bridgehead atoms. The highest BCUT2D eigenvalue weighted by molar-refractivity contribution is 7.47. The third-order valence-corrected chi connectivity index (χ3v) is 18.0. The van der Waals surface area contributed by atoms with Crippen molar-refractivity contribution in [3.63, 3.8) is 0 Å². The number of nitrogens with two attached hydrogens (primary N) is 1. The molecule has 11 unspecified atom stereocenters. The Morgan fingerprint density at radius 2 is 1.25 bits per heavy atom. The van der Waals surface area contributed by atoms with E-state index in [0.29, 0.717) is 10.1 Å². The number of rotatable bonds is 35. The largest absolute Gasteiger partial charge is 0.479 e. The van der Waals surface area contributed by atoms with Crippen molar-refractivity contribution in [1.82, 2.24) is 36.1 Å². The molecule has 1 aromatic heterocycles. The standard InChI is InChI=1S/C58H87N8O40P/c1-19(70)49(66-10-8-28(59)64-57(66)92)99-30(76)18-96-107(93,94)106-58(56(90)91)12-24(73)31(43(105-58)34(77)25(74)15-67)65-29(75)14-60-13-22-4-6-23(7-5-22)48(85)61-9-11-95-54-40(83)38(81)44(46(103-54)50(86)87)102-53-33(63-21(3)72)37(80)42(27(17-69)98-53)100-55-41(84)39(82)45(47(104-55)51(88)89)101-52-32(62-20(2)71)36(79)35(78)26(16-68)97-52/h4-8,10,19,24-27,30-47,49,52-55,60,67-70,73-74,76-84H,9,11-18H2,1-3H3,(H,61,85)(H,62,71)(H,63,72)(H,65,75)(H,86,87)(H,88,89)(H,90,91)(H,93,94)(H2,59,64,92)/t19-,24+,25+,26?,27?,30?,31+,32?,33?,34+,35+,36+,37+,38?,39?,40-,41-,42+,43?,44-,45-,46?,47?,49+,52+,53+,54+,55+,58+/m0/s1. The van der Waals surface area contributed by atoms with Crippen LogP contribution in [-0.4, -0.2) is 365 Å². The summed E-state index contributed by atoms with van der Waals surface area (Å²) >= 11 is 0. The van der Waals surface area contributed by atoms with Crippen LogP contribution in [0, 0.1) is 0 Å². The number of hydrogen-bond acceptors (Lipinski definition) is 39. The number of aromatic nitrogens is 2. The van der Waals surface area contributed by atoms with Gasteiger partial charge in [0.25, 0.3) is 11.7 Å². The van der Waals surface area contributed by atoms with E-state index in [-0.39, 0.29) is 24.5 Å². The molecule has 1 aromatic carbocycles. The second-order valence-corrected chi connectivity index (χ2v) is 26.3. The molecule has 5 aliphatic heterocycles. The summed E-state index contributed by atoms with van der Waals surface area (Å²) < 4.78 is 78.8. The Hall–Kier alpha value is -6.74. The highest BCUT2D eigenvalue weighted by Gasteiger charge is 2.61. The number of phosphoric acid groups is 1. The molecule has 30 atom stereocenters. The highest BCUT2D eigenvalue weighted by Crippen LogP contribution is 2.51. The first-order chi connectivity index (χ1) is 50.3. The van der Waals surface area contributed by atoms with E-state index in [1.165, 1.54) is 24.3 Å². The number of aliphatic carboxylic acids is 3. The third-order valence-electron chi connectivity index (χ3n) is 17.0. The van der Waals surface area contributed by atoms with Gasteiger partial charge in [0.1, 0.15) is 116 Å². The van der Waals surface area contributed by atoms with Crippen molar-refractivity contribution in [1.29, 1.82) is 0 Å². The molecule has 7 rings (SSSR count). The van der Waals surface area contributed by atoms with Crippen LogP contribution in [0.2, 0.25) is 0 Å². The predicted octanol–water partition coefficient (Wildman–Crippen LogP) is -13.4. The Morgan fingerprint density at radius 1 is 0.701 bits per heavy atom. The molecule has 4 amide bonds. The lowest BCUT2D eigenvalue weighted by atomic mass is 9.88. The van der Waals surface area contributed by atoms with E-state index >= 15 is 0 Å². The summed E-state index contributed by atoms with van der Waals surface area (Å²) in [7, 11) is -5.78. The summed E-state index contributed by atoms with van der Waals surface area (Å²) in [5.74, 6) is -13.1. The molecule has 0 spiro atoms. The number of carboxylic acids is 3. The van der Waals surface area contributed by atoms with E-state index in [0.717, 1.165) is 33.0 Å². The quantitative estimate of drug-likeness (QED) is 0.0173. The first-order valence-electron chi connectivity index (χ1n) is 32.4. The van der Waals surface area contributed by atoms with Crippen molar-refractivity contribution in [2.45, 2.75) is 211 Å². The van der Waals surface area contributed by atoms with Gasteiger partial charge in [-0.1, -0.05) is 12.1 Å². The van der Waals surface area contributed by atoms with Gasteiger partial charge in [-0.15, -0.1) is 0 Å². The first kappa shape index (κ1) is 87.5. The number of nitrogens with one attached hydrogen (secondary N) is 5. The van der Waals surface area contributed by atoms with Crippen LogP contribution in [0.4, 0.5) is 5.82 Å². The van der Waals surface area contributed by atoms with Gasteiger partial charge in [-0.3, -0.25) is 28.3 Å². The van der Waals surface area contributed by atoms with Gasteiger partial charge in [0.15, 0.2) is 49.9 Å². The number of aliphatic hydroxyl groups is 15. The van der Waals surface area contributed by atoms with Crippen LogP contribution in [0.5, 0.6) is 0 Å². The Morgan fingerprint density at radius 3 is 1.79 bits per heavy atom. The van der Waals surface area contributed by atoms with Gasteiger partial charge in [-0.2, -0.15) is 4.98 Å². The molecule has 48 nitrogen and oxygen atoms in total. The minimum atomic E-state index is -5.78. The summed E-state index contributed by atoms with van der Waals surface area (Å²) in [4.78, 5) is 115. The Kier molecular flexibility index (Phi) is 31.3. The molecule has 5 aliphatic rings. The molecular weight excluding hydrogens is 1480 g/mol. The van der Waals surface area contributed by atoms with Crippen LogP contribution >= 0.6 is 7.82 Å². The number of nitrogen functional groups attached to an aromatic ring is 1. The number of benzene rings is 1. The molecule has 5 saturated heterocycles. The molecule has 604 valence electrons. The lowest BCUT2D eigenvalue weighted by Crippen LogP contribution is -2.70. The zero-order valence-corrected chi connectivity index (χ0v) is 57.4. The third kappa shape index (κ3) is 21.9. The van der Waals surface area contributed by atoms with Crippen molar-refractivity contribution >= 4 is 55.2 Å². The summed E-state index contributed by atoms with van der Waals surface area (Å²) in [5.41, 5.74) is 4.91. The Labute approximate surface area is 602 Å². The maximum Gasteiger partial charge on any atom is 0.475 e. The SMILES string of the molecule is CC(=O)NC1[C@@H](O[C@@H]2C(C(=O)O)O[C@@H](O[C@@H]3C(CO)O[C@H](O[C@@H]4C(C(=O)O)O[C@@H](OCCNC(=O)c5ccc(CNCC(=O)N[C@H]6C([C@H](O)[C@H](O)CO)O[C@](OP(=O)(O)OCC(O)O[C@H]([C@H](C)O)n7ccc(N)nc7=O)(C(=O)O)C[C@H]6O)cc5)[C@@H](O)C4O)C(NC(C)=O)[C@H]3O)[C@@H](O)C2O)OC(CO)[C@@H](O)[C@@H]1O. The normalized spacial score (nSPS) is 35.2. The molecule has 26 N–H and O–H groups in total. The minimum Gasteiger partial charge on any atom is -0.479 e. The van der Waals surface area contributed by atoms with E-state index in [1.807, 2.05) is 0 Å². The molecule has 0 radical (unpaired) electrons. The lowest BCUT2D eigenvalue weighted by Gasteiger charge is -2.49. The number of phosphoric ester groups is 1. The number of aliphatic hydroxyl groups excluding tert-OH is 15. The van der Waals surface area contributed by atoms with Gasteiger partial charge in [-0.25, -0.2) is 28.3 Å². The van der Waals surface area contributed by atoms with E-state index < -0.39 is 279 Å². The van der Waals surface area contributed by atoms with Crippen molar-refractivity contribution < 1.29 is 191 Å². The average Bonchev–Trinajstić information content (AvgIpc) is 0.774. The van der Waals surface area contributed by atoms with Crippen LogP contribution in [0.15, 0.2) is 41.3 Å². The molecular formula is C58H87N8O40P. The summed E-state index contributed by atoms with van der Waals surface area (Å²) in [6, 6.07) is 1.28. The number of amides is 4. The van der Waals surface area contributed by atoms with Gasteiger partial charge in [0.2, 0.25) is 17.7 Å². The fraction of sp³-hybridized carbons (Fsp3) is 0.707. The predicted molar refractivity (Wildman–Crippen MR) is 337 cm³/mol. The van der Waals surface area contributed by atoms with Crippen molar-refractivity contribution in [3.8, 4) is 0 Å². The zero-order chi connectivity index (χ0) is 79.4. The van der Waals surface area contributed by atoms with Crippen LogP contribution in [0.3, 0.4) is 0 Å². The van der Waals surface area contributed by atoms with Crippen LogP contribution in [-0.2, 0) is 96.3 Å². The van der Waals surface area contributed by atoms with E-state index in [4.69, 9.17) is 62.1 Å². The number of carboxylic acid groups (broad SMARTS) is 3. The molecule has 107 heavy (non-hydrogen) atoms. The Bertz CT molecular complexity index is 3450. The maximum absolute atomic E-state index is 13.3. The molecule has 2 aromatic rings. The topological polar surface area (TPSA) is 753 Å². The van der Waals surface area contributed by atoms with Gasteiger partial charge < -0.3 is 176 Å². The van der Waals surface area contributed by atoms with Crippen LogP contribution in [0.25, 0.3) is 0 Å². The summed E-state index contributed by atoms with van der Waals surface area (Å²) in [6.45, 7) is -3.14. The van der Waals surface area contributed by atoms with Crippen molar-refractivity contribution in [3.05, 3.63) is 58.1 Å². The maximum atomic E-state index is 13.3. The van der Waals surface area contributed by atoms with E-state index in [1.54, 1.807) is 0 Å². The highest BCUT2D eigenvalue weighted by atomic mass is 31.2. The van der Waals surface area contributed by atoms with Gasteiger partial charge >= 0.3 is 31.4 Å². The number of hydrogen-bond donors (Lipinski definition) is 25. The molecule has 5 fully saturated rings. The fourth-order valence-corrected chi connectivity index (χ4v) is 12.7. The van der Waals surface area contributed by atoms with Crippen molar-refractivity contribution in [2.75, 3.05) is 51.9 Å². The lowest BCUT2D eigenvalue weighted by molar-refractivity contribution is -0.371.